The summed E-state index contributed by atoms with van der Waals surface area (Å²) in [7, 11) is -3.82. The van der Waals surface area contributed by atoms with E-state index >= 15 is 0 Å². The molecule has 2 atom stereocenters. The van der Waals surface area contributed by atoms with Gasteiger partial charge in [0.25, 0.3) is 0 Å². The van der Waals surface area contributed by atoms with Crippen molar-refractivity contribution in [3.63, 3.8) is 0 Å². The zero-order chi connectivity index (χ0) is 25.6. The molecule has 2 rings (SSSR count). The number of benzene rings is 2. The molecular formula is C25H34FN3O4S. The molecule has 2 amide bonds. The highest BCUT2D eigenvalue weighted by molar-refractivity contribution is 7.92. The van der Waals surface area contributed by atoms with Gasteiger partial charge in [-0.15, -0.1) is 0 Å². The second kappa shape index (κ2) is 11.5. The van der Waals surface area contributed by atoms with Crippen LogP contribution < -0.4 is 9.62 Å². The Hall–Kier alpha value is -2.94. The molecule has 0 heterocycles. The van der Waals surface area contributed by atoms with Crippen LogP contribution in [0.1, 0.15) is 43.9 Å². The highest BCUT2D eigenvalue weighted by Gasteiger charge is 2.31. The maximum atomic E-state index is 14.4. The standard InChI is InChI=1S/C25H34FN3O4S/c1-7-19(4)27-25(31)20(5)28(15-21-10-8-9-11-22(21)26)24(30)16-29(34(6,32)33)23-13-12-17(2)14-18(23)3/h8-14,19-20H,7,15-16H2,1-6H3,(H,27,31)/t19-,20-/m0/s1. The SMILES string of the molecule is CC[C@H](C)NC(=O)[C@H](C)N(Cc1ccccc1F)C(=O)CN(c1ccc(C)cc1C)S(C)(=O)=O. The summed E-state index contributed by atoms with van der Waals surface area (Å²) in [6, 6.07) is 10.2. The van der Waals surface area contributed by atoms with Crippen LogP contribution in [0.25, 0.3) is 0 Å². The number of hydrogen-bond donors (Lipinski definition) is 1. The topological polar surface area (TPSA) is 86.8 Å². The van der Waals surface area contributed by atoms with Crippen molar-refractivity contribution in [1.82, 2.24) is 10.2 Å². The second-order valence-corrected chi connectivity index (χ2v) is 10.6. The summed E-state index contributed by atoms with van der Waals surface area (Å²) in [4.78, 5) is 27.6. The average Bonchev–Trinajstić information content (AvgIpc) is 2.76. The molecule has 0 aromatic heterocycles. The Bertz CT molecular complexity index is 1140. The molecule has 0 fully saturated rings. The van der Waals surface area contributed by atoms with E-state index in [1.54, 1.807) is 32.0 Å². The Morgan fingerprint density at radius 1 is 1.09 bits per heavy atom. The highest BCUT2D eigenvalue weighted by Crippen LogP contribution is 2.24. The van der Waals surface area contributed by atoms with Crippen LogP contribution in [0, 0.1) is 19.7 Å². The van der Waals surface area contributed by atoms with E-state index < -0.39 is 40.2 Å². The lowest BCUT2D eigenvalue weighted by molar-refractivity contribution is -0.139. The molecule has 0 unspecified atom stereocenters. The van der Waals surface area contributed by atoms with Crippen LogP contribution in [0.4, 0.5) is 10.1 Å². The first kappa shape index (κ1) is 27.3. The van der Waals surface area contributed by atoms with Gasteiger partial charge >= 0.3 is 0 Å². The number of hydrogen-bond acceptors (Lipinski definition) is 4. The van der Waals surface area contributed by atoms with Crippen molar-refractivity contribution in [2.24, 2.45) is 0 Å². The maximum absolute atomic E-state index is 14.4. The molecule has 2 aromatic carbocycles. The number of halogens is 1. The van der Waals surface area contributed by atoms with Gasteiger partial charge in [0.2, 0.25) is 21.8 Å². The number of aryl methyl sites for hydroxylation is 2. The van der Waals surface area contributed by atoms with E-state index in [1.807, 2.05) is 26.8 Å². The van der Waals surface area contributed by atoms with Crippen LogP contribution in [-0.4, -0.2) is 50.0 Å². The van der Waals surface area contributed by atoms with Crippen LogP contribution in [0.5, 0.6) is 0 Å². The molecule has 2 aromatic rings. The summed E-state index contributed by atoms with van der Waals surface area (Å²) in [6.07, 6.45) is 1.73. The van der Waals surface area contributed by atoms with E-state index in [2.05, 4.69) is 5.32 Å². The Morgan fingerprint density at radius 2 is 1.74 bits per heavy atom. The molecule has 0 aliphatic carbocycles. The van der Waals surface area contributed by atoms with E-state index in [-0.39, 0.29) is 18.2 Å². The number of amides is 2. The zero-order valence-corrected chi connectivity index (χ0v) is 21.4. The Morgan fingerprint density at radius 3 is 2.29 bits per heavy atom. The third-order valence-corrected chi connectivity index (χ3v) is 6.89. The molecule has 1 N–H and O–H groups in total. The quantitative estimate of drug-likeness (QED) is 0.551. The summed E-state index contributed by atoms with van der Waals surface area (Å²) in [5.74, 6) is -1.51. The molecule has 0 bridgehead atoms. The molecule has 0 saturated carbocycles. The van der Waals surface area contributed by atoms with E-state index in [1.165, 1.54) is 23.1 Å². The van der Waals surface area contributed by atoms with Crippen LogP contribution in [0.15, 0.2) is 42.5 Å². The first-order valence-corrected chi connectivity index (χ1v) is 13.1. The van der Waals surface area contributed by atoms with Gasteiger partial charge in [-0.25, -0.2) is 12.8 Å². The fourth-order valence-corrected chi connectivity index (χ4v) is 4.45. The first-order valence-electron chi connectivity index (χ1n) is 11.2. The minimum Gasteiger partial charge on any atom is -0.352 e. The summed E-state index contributed by atoms with van der Waals surface area (Å²) < 4.78 is 40.7. The van der Waals surface area contributed by atoms with Gasteiger partial charge in [-0.3, -0.25) is 13.9 Å². The predicted molar refractivity (Wildman–Crippen MR) is 132 cm³/mol. The minimum absolute atomic E-state index is 0.108. The van der Waals surface area contributed by atoms with Crippen LogP contribution in [0.2, 0.25) is 0 Å². The molecule has 9 heteroatoms. The van der Waals surface area contributed by atoms with Gasteiger partial charge in [-0.05, 0) is 51.8 Å². The van der Waals surface area contributed by atoms with E-state index in [0.29, 0.717) is 17.7 Å². The molecule has 0 aliphatic rings. The summed E-state index contributed by atoms with van der Waals surface area (Å²) in [5.41, 5.74) is 2.26. The number of nitrogens with zero attached hydrogens (tertiary/aromatic N) is 2. The first-order chi connectivity index (χ1) is 15.8. The van der Waals surface area contributed by atoms with Gasteiger partial charge in [0.05, 0.1) is 11.9 Å². The number of rotatable bonds is 10. The van der Waals surface area contributed by atoms with Crippen molar-refractivity contribution < 1.29 is 22.4 Å². The van der Waals surface area contributed by atoms with Crippen molar-refractivity contribution in [3.8, 4) is 0 Å². The number of carbonyl (C=O) groups excluding carboxylic acids is 2. The predicted octanol–water partition coefficient (Wildman–Crippen LogP) is 3.54. The lowest BCUT2D eigenvalue weighted by atomic mass is 10.1. The summed E-state index contributed by atoms with van der Waals surface area (Å²) in [5, 5.41) is 2.84. The van der Waals surface area contributed by atoms with Crippen LogP contribution in [0.3, 0.4) is 0 Å². The van der Waals surface area contributed by atoms with Gasteiger partial charge in [0, 0.05) is 18.2 Å². The van der Waals surface area contributed by atoms with E-state index in [0.717, 1.165) is 16.1 Å². The molecule has 34 heavy (non-hydrogen) atoms. The Balaban J connectivity index is 2.43. The van der Waals surface area contributed by atoms with E-state index in [9.17, 15) is 22.4 Å². The molecule has 0 aliphatic heterocycles. The summed E-state index contributed by atoms with van der Waals surface area (Å²) >= 11 is 0. The lowest BCUT2D eigenvalue weighted by Crippen LogP contribution is -2.52. The molecule has 0 spiro atoms. The largest absolute Gasteiger partial charge is 0.352 e. The maximum Gasteiger partial charge on any atom is 0.244 e. The molecule has 0 saturated heterocycles. The van der Waals surface area contributed by atoms with Crippen molar-refractivity contribution in [2.75, 3.05) is 17.1 Å². The van der Waals surface area contributed by atoms with Crippen LogP contribution >= 0.6 is 0 Å². The molecule has 7 nitrogen and oxygen atoms in total. The molecular weight excluding hydrogens is 457 g/mol. The second-order valence-electron chi connectivity index (χ2n) is 8.67. The van der Waals surface area contributed by atoms with Crippen molar-refractivity contribution in [1.29, 1.82) is 0 Å². The van der Waals surface area contributed by atoms with Gasteiger partial charge in [0.15, 0.2) is 0 Å². The molecule has 186 valence electrons. The third-order valence-electron chi connectivity index (χ3n) is 5.77. The Labute approximate surface area is 202 Å². The van der Waals surface area contributed by atoms with Crippen LogP contribution in [-0.2, 0) is 26.2 Å². The molecule has 0 radical (unpaired) electrons. The third kappa shape index (κ3) is 7.03. The minimum atomic E-state index is -3.82. The number of nitrogens with one attached hydrogen (secondary N) is 1. The average molecular weight is 492 g/mol. The van der Waals surface area contributed by atoms with Crippen molar-refractivity contribution in [2.45, 2.75) is 59.7 Å². The smallest absolute Gasteiger partial charge is 0.244 e. The van der Waals surface area contributed by atoms with Gasteiger partial charge in [-0.2, -0.15) is 0 Å². The lowest BCUT2D eigenvalue weighted by Gasteiger charge is -2.32. The fraction of sp³-hybridized carbons (Fsp3) is 0.440. The normalized spacial score (nSPS) is 13.1. The summed E-state index contributed by atoms with van der Waals surface area (Å²) in [6.45, 7) is 8.29. The fourth-order valence-electron chi connectivity index (χ4n) is 3.54. The zero-order valence-electron chi connectivity index (χ0n) is 20.6. The van der Waals surface area contributed by atoms with Gasteiger partial charge in [-0.1, -0.05) is 42.8 Å². The number of carbonyl (C=O) groups is 2. The number of anilines is 1. The van der Waals surface area contributed by atoms with Gasteiger partial charge in [0.1, 0.15) is 18.4 Å². The van der Waals surface area contributed by atoms with Crippen molar-refractivity contribution in [3.05, 3.63) is 65.0 Å². The monoisotopic (exact) mass is 491 g/mol. The highest BCUT2D eigenvalue weighted by atomic mass is 32.2. The Kier molecular flexibility index (Phi) is 9.21. The van der Waals surface area contributed by atoms with Gasteiger partial charge < -0.3 is 10.2 Å². The van der Waals surface area contributed by atoms with Crippen molar-refractivity contribution >= 4 is 27.5 Å². The number of sulfonamides is 1. The van der Waals surface area contributed by atoms with E-state index in [4.69, 9.17) is 0 Å².